The topological polar surface area (TPSA) is 88.2 Å². The van der Waals surface area contributed by atoms with Crippen LogP contribution in [0.1, 0.15) is 61.8 Å². The van der Waals surface area contributed by atoms with E-state index in [-0.39, 0.29) is 31.5 Å². The van der Waals surface area contributed by atoms with Gasteiger partial charge in [0.1, 0.15) is 11.2 Å². The number of hydrogen-bond donors (Lipinski definition) is 1. The van der Waals surface area contributed by atoms with E-state index in [9.17, 15) is 14.4 Å². The molecule has 1 saturated heterocycles. The number of piperazine rings is 1. The fourth-order valence-corrected chi connectivity index (χ4v) is 2.68. The molecule has 156 valence electrons. The average Bonchev–Trinajstić information content (AvgIpc) is 2.42. The molecule has 0 aromatic heterocycles. The second-order valence-corrected chi connectivity index (χ2v) is 9.18. The summed E-state index contributed by atoms with van der Waals surface area (Å²) in [5.74, 6) is -0.172. The van der Waals surface area contributed by atoms with E-state index >= 15 is 0 Å². The van der Waals surface area contributed by atoms with Gasteiger partial charge >= 0.3 is 12.2 Å². The molecule has 1 heterocycles. The van der Waals surface area contributed by atoms with E-state index in [1.54, 1.807) is 46.4 Å². The molecular formula is C19H35N3O5. The van der Waals surface area contributed by atoms with E-state index in [0.29, 0.717) is 6.54 Å². The number of carbonyl (C=O) groups excluding carboxylic acids is 3. The van der Waals surface area contributed by atoms with Crippen molar-refractivity contribution in [3.8, 4) is 0 Å². The lowest BCUT2D eigenvalue weighted by Crippen LogP contribution is -2.59. The van der Waals surface area contributed by atoms with Crippen molar-refractivity contribution in [2.24, 2.45) is 0 Å². The highest BCUT2D eigenvalue weighted by molar-refractivity contribution is 5.78. The zero-order valence-corrected chi connectivity index (χ0v) is 17.9. The number of nitrogens with zero attached hydrogens (tertiary/aromatic N) is 2. The van der Waals surface area contributed by atoms with E-state index in [1.807, 2.05) is 13.8 Å². The van der Waals surface area contributed by atoms with Crippen LogP contribution in [-0.4, -0.2) is 70.8 Å². The molecule has 8 nitrogen and oxygen atoms in total. The second kappa shape index (κ2) is 8.80. The molecule has 27 heavy (non-hydrogen) atoms. The highest BCUT2D eigenvalue weighted by Gasteiger charge is 2.37. The minimum atomic E-state index is -0.635. The maximum absolute atomic E-state index is 12.6. The summed E-state index contributed by atoms with van der Waals surface area (Å²) < 4.78 is 10.9. The molecule has 0 spiro atoms. The molecule has 0 bridgehead atoms. The number of ether oxygens (including phenoxy) is 2. The zero-order valence-electron chi connectivity index (χ0n) is 17.9. The average molecular weight is 386 g/mol. The van der Waals surface area contributed by atoms with Crippen LogP contribution in [0.3, 0.4) is 0 Å². The largest absolute Gasteiger partial charge is 0.444 e. The molecule has 0 aliphatic carbocycles. The van der Waals surface area contributed by atoms with E-state index < -0.39 is 29.4 Å². The summed E-state index contributed by atoms with van der Waals surface area (Å²) in [7, 11) is 0. The van der Waals surface area contributed by atoms with Gasteiger partial charge in [-0.2, -0.15) is 0 Å². The second-order valence-electron chi connectivity index (χ2n) is 9.18. The van der Waals surface area contributed by atoms with Gasteiger partial charge in [-0.15, -0.1) is 0 Å². The van der Waals surface area contributed by atoms with Gasteiger partial charge in [-0.05, 0) is 55.4 Å². The highest BCUT2D eigenvalue weighted by atomic mass is 16.6. The summed E-state index contributed by atoms with van der Waals surface area (Å²) in [5.41, 5.74) is -1.24. The van der Waals surface area contributed by atoms with Gasteiger partial charge in [0.25, 0.3) is 0 Å². The predicted molar refractivity (Wildman–Crippen MR) is 102 cm³/mol. The fraction of sp³-hybridized carbons (Fsp3) is 0.842. The minimum Gasteiger partial charge on any atom is -0.444 e. The first-order valence-corrected chi connectivity index (χ1v) is 9.45. The third-order valence-electron chi connectivity index (χ3n) is 3.63. The van der Waals surface area contributed by atoms with E-state index in [0.717, 1.165) is 0 Å². The van der Waals surface area contributed by atoms with Crippen LogP contribution in [0.2, 0.25) is 0 Å². The monoisotopic (exact) mass is 385 g/mol. The van der Waals surface area contributed by atoms with E-state index in [1.165, 1.54) is 4.90 Å². The fourth-order valence-electron chi connectivity index (χ4n) is 2.68. The van der Waals surface area contributed by atoms with E-state index in [4.69, 9.17) is 9.47 Å². The molecule has 0 unspecified atom stereocenters. The lowest BCUT2D eigenvalue weighted by molar-refractivity contribution is -0.123. The SMILES string of the molecule is CC(C)NC(=O)C[C@H]1CN(C(=O)OC(C)(C)C)CCN1C(=O)OC(C)(C)C. The van der Waals surface area contributed by atoms with Gasteiger partial charge in [0.15, 0.2) is 0 Å². The molecule has 8 heteroatoms. The summed E-state index contributed by atoms with van der Waals surface area (Å²) in [4.78, 5) is 40.3. The Morgan fingerprint density at radius 1 is 0.963 bits per heavy atom. The van der Waals surface area contributed by atoms with Crippen molar-refractivity contribution in [2.75, 3.05) is 19.6 Å². The Labute approximate surface area is 162 Å². The van der Waals surface area contributed by atoms with Crippen molar-refractivity contribution in [3.05, 3.63) is 0 Å². The first-order valence-electron chi connectivity index (χ1n) is 9.45. The molecule has 1 aliphatic rings. The molecule has 1 N–H and O–H groups in total. The normalized spacial score (nSPS) is 18.3. The third-order valence-corrected chi connectivity index (χ3v) is 3.63. The number of amides is 3. The van der Waals surface area contributed by atoms with E-state index in [2.05, 4.69) is 5.32 Å². The summed E-state index contributed by atoms with van der Waals surface area (Å²) in [6.07, 6.45) is -0.828. The van der Waals surface area contributed by atoms with Crippen LogP contribution in [0.15, 0.2) is 0 Å². The van der Waals surface area contributed by atoms with Crippen LogP contribution in [0.5, 0.6) is 0 Å². The summed E-state index contributed by atoms with van der Waals surface area (Å²) in [6.45, 7) is 15.4. The van der Waals surface area contributed by atoms with Gasteiger partial charge in [-0.25, -0.2) is 9.59 Å². The Hall–Kier alpha value is -1.99. The lowest BCUT2D eigenvalue weighted by atomic mass is 10.1. The minimum absolute atomic E-state index is 0.00183. The third kappa shape index (κ3) is 8.49. The first kappa shape index (κ1) is 23.0. The maximum Gasteiger partial charge on any atom is 0.410 e. The smallest absolute Gasteiger partial charge is 0.410 e. The van der Waals surface area contributed by atoms with Crippen LogP contribution in [0.25, 0.3) is 0 Å². The van der Waals surface area contributed by atoms with Gasteiger partial charge in [0.05, 0.1) is 6.04 Å². The molecule has 3 amide bonds. The molecule has 0 saturated carbocycles. The Kier molecular flexibility index (Phi) is 7.51. The number of nitrogens with one attached hydrogen (secondary N) is 1. The Bertz CT molecular complexity index is 549. The summed E-state index contributed by atoms with van der Waals surface area (Å²) in [6, 6.07) is -0.474. The number of rotatable bonds is 3. The molecule has 1 rings (SSSR count). The number of carbonyl (C=O) groups is 3. The molecule has 0 aromatic rings. The van der Waals surface area contributed by atoms with Gasteiger partial charge in [-0.3, -0.25) is 4.79 Å². The van der Waals surface area contributed by atoms with Crippen LogP contribution in [0.4, 0.5) is 9.59 Å². The van der Waals surface area contributed by atoms with Gasteiger partial charge in [0, 0.05) is 32.1 Å². The maximum atomic E-state index is 12.6. The molecule has 0 aromatic carbocycles. The Morgan fingerprint density at radius 2 is 1.48 bits per heavy atom. The molecule has 1 fully saturated rings. The van der Waals surface area contributed by atoms with Crippen molar-refractivity contribution in [3.63, 3.8) is 0 Å². The zero-order chi connectivity index (χ0) is 21.0. The Morgan fingerprint density at radius 3 is 1.96 bits per heavy atom. The molecule has 1 atom stereocenters. The molecule has 1 aliphatic heterocycles. The van der Waals surface area contributed by atoms with Crippen LogP contribution >= 0.6 is 0 Å². The molecule has 0 radical (unpaired) electrons. The van der Waals surface area contributed by atoms with Crippen LogP contribution < -0.4 is 5.32 Å². The van der Waals surface area contributed by atoms with Crippen molar-refractivity contribution in [1.29, 1.82) is 0 Å². The molecular weight excluding hydrogens is 350 g/mol. The predicted octanol–water partition coefficient (Wildman–Crippen LogP) is 2.76. The first-order chi connectivity index (χ1) is 12.2. The van der Waals surface area contributed by atoms with Gasteiger partial charge in [0.2, 0.25) is 5.91 Å². The van der Waals surface area contributed by atoms with Crippen LogP contribution in [0, 0.1) is 0 Å². The summed E-state index contributed by atoms with van der Waals surface area (Å²) >= 11 is 0. The van der Waals surface area contributed by atoms with Crippen LogP contribution in [-0.2, 0) is 14.3 Å². The van der Waals surface area contributed by atoms with Crippen molar-refractivity contribution in [1.82, 2.24) is 15.1 Å². The quantitative estimate of drug-likeness (QED) is 0.807. The standard InChI is InChI=1S/C19H35N3O5/c1-13(2)20-15(23)11-14-12-21(16(24)26-18(3,4)5)9-10-22(14)17(25)27-19(6,7)8/h13-14H,9-12H2,1-8H3,(H,20,23)/t14-/m0/s1. The Balaban J connectivity index is 2.90. The van der Waals surface area contributed by atoms with Crippen molar-refractivity contribution < 1.29 is 23.9 Å². The lowest BCUT2D eigenvalue weighted by Gasteiger charge is -2.41. The summed E-state index contributed by atoms with van der Waals surface area (Å²) in [5, 5.41) is 2.83. The van der Waals surface area contributed by atoms with Gasteiger partial charge in [-0.1, -0.05) is 0 Å². The van der Waals surface area contributed by atoms with Crippen molar-refractivity contribution in [2.45, 2.75) is 85.1 Å². The highest BCUT2D eigenvalue weighted by Crippen LogP contribution is 2.20. The van der Waals surface area contributed by atoms with Crippen molar-refractivity contribution >= 4 is 18.1 Å². The number of hydrogen-bond acceptors (Lipinski definition) is 5. The van der Waals surface area contributed by atoms with Gasteiger partial charge < -0.3 is 24.6 Å².